The maximum atomic E-state index is 13.5. The molecule has 3 N–H and O–H groups in total. The van der Waals surface area contributed by atoms with E-state index in [-0.39, 0.29) is 12.4 Å². The average molecular weight is 212 g/mol. The lowest BCUT2D eigenvalue weighted by Crippen LogP contribution is -2.22. The minimum Gasteiger partial charge on any atom is -0.395 e. The summed E-state index contributed by atoms with van der Waals surface area (Å²) in [5, 5.41) is 8.71. The zero-order valence-corrected chi connectivity index (χ0v) is 8.91. The van der Waals surface area contributed by atoms with Crippen molar-refractivity contribution in [2.24, 2.45) is 5.73 Å². The summed E-state index contributed by atoms with van der Waals surface area (Å²) in [6.07, 6.45) is 0. The number of likely N-dealkylation sites (N-methyl/N-ethyl adjacent to an activating group) is 1. The van der Waals surface area contributed by atoms with Crippen LogP contribution >= 0.6 is 0 Å². The molecule has 0 saturated heterocycles. The molecule has 15 heavy (non-hydrogen) atoms. The molecule has 0 aromatic heterocycles. The Morgan fingerprint density at radius 2 is 2.20 bits per heavy atom. The molecule has 1 rings (SSSR count). The molecule has 0 radical (unpaired) electrons. The predicted octanol–water partition coefficient (Wildman–Crippen LogP) is 0.709. The third-order valence-electron chi connectivity index (χ3n) is 2.28. The van der Waals surface area contributed by atoms with Crippen LogP contribution in [0, 0.1) is 5.82 Å². The summed E-state index contributed by atoms with van der Waals surface area (Å²) in [4.78, 5) is 1.86. The molecule has 1 aromatic rings. The molecule has 0 atom stereocenters. The van der Waals surface area contributed by atoms with Gasteiger partial charge in [-0.3, -0.25) is 4.90 Å². The summed E-state index contributed by atoms with van der Waals surface area (Å²) in [5.74, 6) is -0.234. The van der Waals surface area contributed by atoms with Gasteiger partial charge in [-0.15, -0.1) is 0 Å². The van der Waals surface area contributed by atoms with Crippen LogP contribution in [0.2, 0.25) is 0 Å². The first kappa shape index (κ1) is 12.1. The fraction of sp³-hybridized carbons (Fsp3) is 0.455. The van der Waals surface area contributed by atoms with Crippen molar-refractivity contribution in [3.05, 3.63) is 35.1 Å². The van der Waals surface area contributed by atoms with Gasteiger partial charge in [0.05, 0.1) is 6.61 Å². The van der Waals surface area contributed by atoms with Crippen LogP contribution in [0.1, 0.15) is 11.1 Å². The quantitative estimate of drug-likeness (QED) is 0.755. The van der Waals surface area contributed by atoms with Crippen molar-refractivity contribution in [3.63, 3.8) is 0 Å². The Morgan fingerprint density at radius 3 is 2.73 bits per heavy atom. The highest BCUT2D eigenvalue weighted by Gasteiger charge is 2.05. The SMILES string of the molecule is CN(CCO)Cc1ccc(CN)cc1F. The Hall–Kier alpha value is -0.970. The molecule has 3 nitrogen and oxygen atoms in total. The van der Waals surface area contributed by atoms with Gasteiger partial charge < -0.3 is 10.8 Å². The molecule has 84 valence electrons. The summed E-state index contributed by atoms with van der Waals surface area (Å²) in [6, 6.07) is 5.03. The van der Waals surface area contributed by atoms with Gasteiger partial charge in [0.1, 0.15) is 5.82 Å². The molecule has 0 aliphatic rings. The van der Waals surface area contributed by atoms with Gasteiger partial charge in [-0.25, -0.2) is 4.39 Å². The standard InChI is InChI=1S/C11H17FN2O/c1-14(4-5-15)8-10-3-2-9(7-13)6-11(10)12/h2-3,6,15H,4-5,7-8,13H2,1H3. The number of hydrogen-bond acceptors (Lipinski definition) is 3. The van der Waals surface area contributed by atoms with Crippen molar-refractivity contribution in [3.8, 4) is 0 Å². The maximum absolute atomic E-state index is 13.5. The van der Waals surface area contributed by atoms with Crippen molar-refractivity contribution in [1.82, 2.24) is 4.90 Å². The first-order chi connectivity index (χ1) is 7.17. The molecule has 0 fully saturated rings. The zero-order chi connectivity index (χ0) is 11.3. The van der Waals surface area contributed by atoms with E-state index in [0.717, 1.165) is 5.56 Å². The largest absolute Gasteiger partial charge is 0.395 e. The van der Waals surface area contributed by atoms with Crippen LogP contribution in [0.5, 0.6) is 0 Å². The second-order valence-electron chi connectivity index (χ2n) is 3.59. The summed E-state index contributed by atoms with van der Waals surface area (Å²) in [6.45, 7) is 1.47. The highest BCUT2D eigenvalue weighted by atomic mass is 19.1. The highest BCUT2D eigenvalue weighted by Crippen LogP contribution is 2.11. The molecule has 0 heterocycles. The van der Waals surface area contributed by atoms with Crippen LogP contribution in [0.3, 0.4) is 0 Å². The van der Waals surface area contributed by atoms with Crippen molar-refractivity contribution in [2.45, 2.75) is 13.1 Å². The molecular formula is C11H17FN2O. The van der Waals surface area contributed by atoms with Crippen molar-refractivity contribution < 1.29 is 9.50 Å². The van der Waals surface area contributed by atoms with Crippen LogP contribution in [0.15, 0.2) is 18.2 Å². The van der Waals surface area contributed by atoms with Crippen LogP contribution in [0.4, 0.5) is 4.39 Å². The minimum atomic E-state index is -0.234. The average Bonchev–Trinajstić information content (AvgIpc) is 2.21. The molecular weight excluding hydrogens is 195 g/mol. The highest BCUT2D eigenvalue weighted by molar-refractivity contribution is 5.24. The molecule has 4 heteroatoms. The third kappa shape index (κ3) is 3.58. The molecule has 0 bridgehead atoms. The van der Waals surface area contributed by atoms with Gasteiger partial charge in [0.25, 0.3) is 0 Å². The lowest BCUT2D eigenvalue weighted by Gasteiger charge is -2.15. The zero-order valence-electron chi connectivity index (χ0n) is 8.91. The van der Waals surface area contributed by atoms with Gasteiger partial charge in [-0.2, -0.15) is 0 Å². The molecule has 0 aliphatic heterocycles. The normalized spacial score (nSPS) is 11.0. The minimum absolute atomic E-state index is 0.0823. The van der Waals surface area contributed by atoms with Gasteiger partial charge in [-0.1, -0.05) is 12.1 Å². The lowest BCUT2D eigenvalue weighted by atomic mass is 10.1. The Kier molecular flexibility index (Phi) is 4.68. The molecule has 0 unspecified atom stereocenters. The van der Waals surface area contributed by atoms with Gasteiger partial charge in [0, 0.05) is 25.2 Å². The van der Waals surface area contributed by atoms with E-state index in [1.54, 1.807) is 6.07 Å². The fourth-order valence-corrected chi connectivity index (χ4v) is 1.39. The van der Waals surface area contributed by atoms with Crippen LogP contribution in [0.25, 0.3) is 0 Å². The topological polar surface area (TPSA) is 49.5 Å². The van der Waals surface area contributed by atoms with Crippen LogP contribution in [-0.4, -0.2) is 30.2 Å². The predicted molar refractivity (Wildman–Crippen MR) is 57.7 cm³/mol. The number of aliphatic hydroxyl groups excluding tert-OH is 1. The molecule has 1 aromatic carbocycles. The second kappa shape index (κ2) is 5.80. The van der Waals surface area contributed by atoms with Gasteiger partial charge >= 0.3 is 0 Å². The van der Waals surface area contributed by atoms with E-state index in [0.29, 0.717) is 25.2 Å². The number of aliphatic hydroxyl groups is 1. The summed E-state index contributed by atoms with van der Waals surface area (Å²) in [7, 11) is 1.84. The van der Waals surface area contributed by atoms with E-state index in [4.69, 9.17) is 10.8 Å². The monoisotopic (exact) mass is 212 g/mol. The van der Waals surface area contributed by atoms with Crippen LogP contribution in [-0.2, 0) is 13.1 Å². The molecule has 0 aliphatic carbocycles. The van der Waals surface area contributed by atoms with Gasteiger partial charge in [0.15, 0.2) is 0 Å². The lowest BCUT2D eigenvalue weighted by molar-refractivity contribution is 0.216. The second-order valence-corrected chi connectivity index (χ2v) is 3.59. The number of nitrogens with two attached hydrogens (primary N) is 1. The number of benzene rings is 1. The van der Waals surface area contributed by atoms with E-state index in [1.165, 1.54) is 6.07 Å². The molecule has 0 spiro atoms. The van der Waals surface area contributed by atoms with E-state index in [2.05, 4.69) is 0 Å². The van der Waals surface area contributed by atoms with Crippen molar-refractivity contribution >= 4 is 0 Å². The number of nitrogens with zero attached hydrogens (tertiary/aromatic N) is 1. The Labute approximate surface area is 89.3 Å². The van der Waals surface area contributed by atoms with Crippen LogP contribution < -0.4 is 5.73 Å². The first-order valence-electron chi connectivity index (χ1n) is 4.94. The first-order valence-corrected chi connectivity index (χ1v) is 4.94. The Morgan fingerprint density at radius 1 is 1.47 bits per heavy atom. The number of halogens is 1. The number of rotatable bonds is 5. The molecule has 0 saturated carbocycles. The van der Waals surface area contributed by atoms with E-state index < -0.39 is 0 Å². The van der Waals surface area contributed by atoms with E-state index in [1.807, 2.05) is 18.0 Å². The van der Waals surface area contributed by atoms with Crippen molar-refractivity contribution in [1.29, 1.82) is 0 Å². The maximum Gasteiger partial charge on any atom is 0.128 e. The third-order valence-corrected chi connectivity index (χ3v) is 2.28. The van der Waals surface area contributed by atoms with Gasteiger partial charge in [0.2, 0.25) is 0 Å². The van der Waals surface area contributed by atoms with E-state index in [9.17, 15) is 4.39 Å². The fourth-order valence-electron chi connectivity index (χ4n) is 1.39. The number of hydrogen-bond donors (Lipinski definition) is 2. The Bertz CT molecular complexity index is 317. The summed E-state index contributed by atoms with van der Waals surface area (Å²) < 4.78 is 13.5. The smallest absolute Gasteiger partial charge is 0.128 e. The Balaban J connectivity index is 2.69. The summed E-state index contributed by atoms with van der Waals surface area (Å²) >= 11 is 0. The summed E-state index contributed by atoms with van der Waals surface area (Å²) in [5.41, 5.74) is 6.83. The molecule has 0 amide bonds. The van der Waals surface area contributed by atoms with Crippen molar-refractivity contribution in [2.75, 3.05) is 20.2 Å². The van der Waals surface area contributed by atoms with E-state index >= 15 is 0 Å². The van der Waals surface area contributed by atoms with Gasteiger partial charge in [-0.05, 0) is 18.7 Å².